The van der Waals surface area contributed by atoms with Crippen molar-refractivity contribution in [3.05, 3.63) is 6.92 Å². The van der Waals surface area contributed by atoms with Gasteiger partial charge in [0.15, 0.2) is 0 Å². The molecule has 2 nitrogen and oxygen atoms in total. The van der Waals surface area contributed by atoms with Gasteiger partial charge >= 0.3 is 0 Å². The molecule has 0 rings (SSSR count). The van der Waals surface area contributed by atoms with E-state index < -0.39 is 0 Å². The molecule has 61 valence electrons. The van der Waals surface area contributed by atoms with Crippen LogP contribution in [0.25, 0.3) is 0 Å². The Kier molecular flexibility index (Phi) is 6.98. The summed E-state index contributed by atoms with van der Waals surface area (Å²) < 4.78 is 0. The average molecular weight is 145 g/mol. The Morgan fingerprint density at radius 2 is 1.40 bits per heavy atom. The number of aliphatic hydroxyl groups excluding tert-OH is 2. The highest BCUT2D eigenvalue weighted by molar-refractivity contribution is 4.60. The van der Waals surface area contributed by atoms with Gasteiger partial charge in [0.25, 0.3) is 0 Å². The molecule has 0 spiro atoms. The van der Waals surface area contributed by atoms with Crippen LogP contribution in [0.3, 0.4) is 0 Å². The molecule has 0 fully saturated rings. The molecule has 0 heterocycles. The maximum atomic E-state index is 8.46. The van der Waals surface area contributed by atoms with E-state index in [1.807, 2.05) is 0 Å². The molecular weight excluding hydrogens is 128 g/mol. The smallest absolute Gasteiger partial charge is 0.0431 e. The van der Waals surface area contributed by atoms with Crippen LogP contribution in [0.2, 0.25) is 0 Å². The predicted octanol–water partition coefficient (Wildman–Crippen LogP) is 0.982. The minimum absolute atomic E-state index is 0.255. The molecular formula is C8H17O2. The van der Waals surface area contributed by atoms with Crippen molar-refractivity contribution in [2.75, 3.05) is 13.2 Å². The van der Waals surface area contributed by atoms with E-state index in [0.29, 0.717) is 5.92 Å². The Morgan fingerprint density at radius 1 is 1.00 bits per heavy atom. The van der Waals surface area contributed by atoms with Gasteiger partial charge in [0.2, 0.25) is 0 Å². The van der Waals surface area contributed by atoms with Crippen LogP contribution in [0.4, 0.5) is 0 Å². The summed E-state index contributed by atoms with van der Waals surface area (Å²) in [4.78, 5) is 0. The fraction of sp³-hybridized carbons (Fsp3) is 0.875. The Hall–Kier alpha value is -0.0800. The van der Waals surface area contributed by atoms with Gasteiger partial charge in [0, 0.05) is 13.2 Å². The molecule has 0 atom stereocenters. The molecule has 2 N–H and O–H groups in total. The summed E-state index contributed by atoms with van der Waals surface area (Å²) in [6.45, 7) is 4.40. The third kappa shape index (κ3) is 6.05. The van der Waals surface area contributed by atoms with Crippen LogP contribution in [0.15, 0.2) is 0 Å². The Bertz CT molecular complexity index is 56.3. The van der Waals surface area contributed by atoms with E-state index in [1.165, 1.54) is 0 Å². The van der Waals surface area contributed by atoms with Gasteiger partial charge in [0.1, 0.15) is 0 Å². The largest absolute Gasteiger partial charge is 0.396 e. The van der Waals surface area contributed by atoms with E-state index in [-0.39, 0.29) is 13.2 Å². The zero-order chi connectivity index (χ0) is 7.82. The van der Waals surface area contributed by atoms with Crippen LogP contribution < -0.4 is 0 Å². The minimum atomic E-state index is 0.255. The molecule has 0 aromatic carbocycles. The van der Waals surface area contributed by atoms with Gasteiger partial charge in [-0.25, -0.2) is 0 Å². The van der Waals surface area contributed by atoms with Crippen LogP contribution in [0, 0.1) is 12.8 Å². The molecule has 0 aliphatic heterocycles. The second-order valence-electron chi connectivity index (χ2n) is 2.60. The summed E-state index contributed by atoms with van der Waals surface area (Å²) in [5.41, 5.74) is 0. The topological polar surface area (TPSA) is 40.5 Å². The maximum absolute atomic E-state index is 8.46. The monoisotopic (exact) mass is 145 g/mol. The number of aliphatic hydroxyl groups is 2. The van der Waals surface area contributed by atoms with Crippen molar-refractivity contribution in [1.82, 2.24) is 0 Å². The molecule has 0 bridgehead atoms. The molecule has 0 saturated heterocycles. The van der Waals surface area contributed by atoms with Gasteiger partial charge in [-0.2, -0.15) is 0 Å². The van der Waals surface area contributed by atoms with Crippen molar-refractivity contribution in [3.8, 4) is 0 Å². The third-order valence-electron chi connectivity index (χ3n) is 1.54. The van der Waals surface area contributed by atoms with E-state index >= 15 is 0 Å². The second-order valence-corrected chi connectivity index (χ2v) is 2.60. The third-order valence-corrected chi connectivity index (χ3v) is 1.54. The summed E-state index contributed by atoms with van der Waals surface area (Å²) in [6.07, 6.45) is 3.60. The number of rotatable bonds is 6. The van der Waals surface area contributed by atoms with Crippen molar-refractivity contribution in [3.63, 3.8) is 0 Å². The zero-order valence-electron chi connectivity index (χ0n) is 6.42. The first-order valence-electron chi connectivity index (χ1n) is 3.86. The summed E-state index contributed by atoms with van der Waals surface area (Å²) in [7, 11) is 0. The molecule has 1 radical (unpaired) electrons. The SMILES string of the molecule is [CH2]C(CCCO)CCCO. The molecule has 10 heavy (non-hydrogen) atoms. The van der Waals surface area contributed by atoms with Gasteiger partial charge in [-0.05, 0) is 31.6 Å². The highest BCUT2D eigenvalue weighted by atomic mass is 16.3. The fourth-order valence-corrected chi connectivity index (χ4v) is 0.904. The Balaban J connectivity index is 3.00. The lowest BCUT2D eigenvalue weighted by atomic mass is 10.0. The molecule has 0 aromatic heterocycles. The van der Waals surface area contributed by atoms with Gasteiger partial charge in [-0.3, -0.25) is 0 Å². The first-order valence-corrected chi connectivity index (χ1v) is 3.86. The van der Waals surface area contributed by atoms with E-state index in [4.69, 9.17) is 10.2 Å². The maximum Gasteiger partial charge on any atom is 0.0431 e. The van der Waals surface area contributed by atoms with E-state index in [1.54, 1.807) is 0 Å². The molecule has 0 amide bonds. The van der Waals surface area contributed by atoms with E-state index in [9.17, 15) is 0 Å². The lowest BCUT2D eigenvalue weighted by Crippen LogP contribution is -1.98. The molecule has 2 heteroatoms. The highest BCUT2D eigenvalue weighted by Gasteiger charge is 1.99. The van der Waals surface area contributed by atoms with Crippen molar-refractivity contribution in [1.29, 1.82) is 0 Å². The lowest BCUT2D eigenvalue weighted by Gasteiger charge is -2.07. The van der Waals surface area contributed by atoms with E-state index in [0.717, 1.165) is 25.7 Å². The number of hydrogen-bond acceptors (Lipinski definition) is 2. The molecule has 0 unspecified atom stereocenters. The molecule has 0 saturated carbocycles. The Labute approximate surface area is 62.9 Å². The molecule has 0 aliphatic rings. The molecule has 0 aliphatic carbocycles. The first-order chi connectivity index (χ1) is 4.81. The van der Waals surface area contributed by atoms with Crippen molar-refractivity contribution in [2.24, 2.45) is 5.92 Å². The normalized spacial score (nSPS) is 10.8. The number of hydrogen-bond donors (Lipinski definition) is 2. The fourth-order valence-electron chi connectivity index (χ4n) is 0.904. The van der Waals surface area contributed by atoms with Crippen LogP contribution in [-0.4, -0.2) is 23.4 Å². The zero-order valence-corrected chi connectivity index (χ0v) is 6.42. The van der Waals surface area contributed by atoms with Gasteiger partial charge in [0.05, 0.1) is 0 Å². The van der Waals surface area contributed by atoms with Crippen molar-refractivity contribution in [2.45, 2.75) is 25.7 Å². The van der Waals surface area contributed by atoms with Crippen LogP contribution in [0.1, 0.15) is 25.7 Å². The average Bonchev–Trinajstić information content (AvgIpc) is 1.97. The van der Waals surface area contributed by atoms with Crippen LogP contribution in [0.5, 0.6) is 0 Å². The quantitative estimate of drug-likeness (QED) is 0.585. The van der Waals surface area contributed by atoms with Crippen LogP contribution in [-0.2, 0) is 0 Å². The lowest BCUT2D eigenvalue weighted by molar-refractivity contribution is 0.259. The highest BCUT2D eigenvalue weighted by Crippen LogP contribution is 2.10. The van der Waals surface area contributed by atoms with Gasteiger partial charge in [-0.1, -0.05) is 6.92 Å². The van der Waals surface area contributed by atoms with E-state index in [2.05, 4.69) is 6.92 Å². The standard InChI is InChI=1S/C8H17O2/c1-8(4-2-6-9)5-3-7-10/h8-10H,1-7H2. The Morgan fingerprint density at radius 3 is 1.70 bits per heavy atom. The van der Waals surface area contributed by atoms with Crippen molar-refractivity contribution >= 4 is 0 Å². The summed E-state index contributed by atoms with van der Waals surface area (Å²) in [6, 6.07) is 0. The first kappa shape index (κ1) is 9.92. The summed E-state index contributed by atoms with van der Waals surface area (Å²) in [5.74, 6) is 0.402. The van der Waals surface area contributed by atoms with Crippen LogP contribution >= 0.6 is 0 Å². The van der Waals surface area contributed by atoms with Gasteiger partial charge in [-0.15, -0.1) is 0 Å². The minimum Gasteiger partial charge on any atom is -0.396 e. The summed E-state index contributed by atoms with van der Waals surface area (Å²) in [5, 5.41) is 16.9. The second kappa shape index (κ2) is 7.03. The van der Waals surface area contributed by atoms with Gasteiger partial charge < -0.3 is 10.2 Å². The summed E-state index contributed by atoms with van der Waals surface area (Å²) >= 11 is 0. The molecule has 0 aromatic rings. The van der Waals surface area contributed by atoms with Crippen molar-refractivity contribution < 1.29 is 10.2 Å². The predicted molar refractivity (Wildman–Crippen MR) is 41.5 cm³/mol.